The van der Waals surface area contributed by atoms with E-state index in [9.17, 15) is 9.59 Å². The number of halogens is 1. The van der Waals surface area contributed by atoms with Gasteiger partial charge in [-0.15, -0.1) is 12.4 Å². The molecule has 0 spiro atoms. The molecular formula is C16H24ClN3O3. The van der Waals surface area contributed by atoms with Crippen LogP contribution < -0.4 is 10.6 Å². The van der Waals surface area contributed by atoms with Gasteiger partial charge in [-0.25, -0.2) is 0 Å². The first-order chi connectivity index (χ1) is 10.7. The fraction of sp³-hybridized carbons (Fsp3) is 0.625. The Morgan fingerprint density at radius 3 is 2.65 bits per heavy atom. The number of piperidine rings is 2. The quantitative estimate of drug-likeness (QED) is 0.872. The van der Waals surface area contributed by atoms with Crippen molar-refractivity contribution in [3.8, 4) is 0 Å². The van der Waals surface area contributed by atoms with E-state index in [4.69, 9.17) is 4.42 Å². The van der Waals surface area contributed by atoms with Gasteiger partial charge in [-0.2, -0.15) is 0 Å². The molecule has 23 heavy (non-hydrogen) atoms. The molecule has 7 heteroatoms. The molecule has 0 bridgehead atoms. The predicted octanol–water partition coefficient (Wildman–Crippen LogP) is 1.42. The Morgan fingerprint density at radius 2 is 2.04 bits per heavy atom. The second kappa shape index (κ2) is 8.36. The molecule has 0 saturated carbocycles. The van der Waals surface area contributed by atoms with Gasteiger partial charge in [-0.1, -0.05) is 0 Å². The lowest BCUT2D eigenvalue weighted by Gasteiger charge is -2.32. The molecule has 1 aromatic rings. The summed E-state index contributed by atoms with van der Waals surface area (Å²) >= 11 is 0. The molecule has 2 fully saturated rings. The normalized spacial score (nSPS) is 22.3. The van der Waals surface area contributed by atoms with Gasteiger partial charge in [0.25, 0.3) is 5.91 Å². The maximum absolute atomic E-state index is 12.3. The molecule has 0 aliphatic carbocycles. The van der Waals surface area contributed by atoms with E-state index in [2.05, 4.69) is 10.6 Å². The Morgan fingerprint density at radius 1 is 1.26 bits per heavy atom. The monoisotopic (exact) mass is 341 g/mol. The number of carbonyl (C=O) groups excluding carboxylic acids is 2. The molecule has 6 nitrogen and oxygen atoms in total. The molecule has 1 atom stereocenters. The number of amides is 2. The summed E-state index contributed by atoms with van der Waals surface area (Å²) in [5.74, 6) is 0.156. The molecule has 2 aliphatic heterocycles. The van der Waals surface area contributed by atoms with E-state index in [1.165, 1.54) is 12.5 Å². The second-order valence-corrected chi connectivity index (χ2v) is 6.13. The summed E-state index contributed by atoms with van der Waals surface area (Å²) in [6, 6.07) is 1.93. The Balaban J connectivity index is 0.00000192. The van der Waals surface area contributed by atoms with Crippen LogP contribution in [0.5, 0.6) is 0 Å². The van der Waals surface area contributed by atoms with Crippen LogP contribution in [-0.4, -0.2) is 48.9 Å². The summed E-state index contributed by atoms with van der Waals surface area (Å²) in [7, 11) is 0. The first kappa shape index (κ1) is 17.8. The SMILES string of the molecule is Cl.O=C(N[C@H]1CCCNC1)C1CCN(C(=O)c2ccoc2)CC1. The largest absolute Gasteiger partial charge is 0.472 e. The second-order valence-electron chi connectivity index (χ2n) is 6.13. The number of furan rings is 1. The lowest BCUT2D eigenvalue weighted by Crippen LogP contribution is -2.49. The van der Waals surface area contributed by atoms with Gasteiger partial charge in [0.2, 0.25) is 5.91 Å². The van der Waals surface area contributed by atoms with Crippen LogP contribution in [0.25, 0.3) is 0 Å². The van der Waals surface area contributed by atoms with Crippen molar-refractivity contribution in [3.63, 3.8) is 0 Å². The number of nitrogens with one attached hydrogen (secondary N) is 2. The van der Waals surface area contributed by atoms with Crippen LogP contribution in [0.2, 0.25) is 0 Å². The lowest BCUT2D eigenvalue weighted by molar-refractivity contribution is -0.127. The molecule has 3 rings (SSSR count). The minimum atomic E-state index is -0.0101. The summed E-state index contributed by atoms with van der Waals surface area (Å²) in [6.45, 7) is 3.17. The Kier molecular flexibility index (Phi) is 6.47. The standard InChI is InChI=1S/C16H23N3O3.ClH/c20-15(18-14-2-1-6-17-10-14)12-3-7-19(8-4-12)16(21)13-5-9-22-11-13;/h5,9,11-12,14,17H,1-4,6-8,10H2,(H,18,20);1H/t14-;/m0./s1. The van der Waals surface area contributed by atoms with Crippen LogP contribution in [-0.2, 0) is 4.79 Å². The smallest absolute Gasteiger partial charge is 0.257 e. The predicted molar refractivity (Wildman–Crippen MR) is 88.6 cm³/mol. The third-order valence-electron chi connectivity index (χ3n) is 4.56. The molecule has 2 aliphatic rings. The summed E-state index contributed by atoms with van der Waals surface area (Å²) in [4.78, 5) is 26.3. The summed E-state index contributed by atoms with van der Waals surface area (Å²) in [5.41, 5.74) is 0.580. The molecule has 2 saturated heterocycles. The molecule has 2 N–H and O–H groups in total. The molecule has 128 valence electrons. The molecular weight excluding hydrogens is 318 g/mol. The molecule has 0 radical (unpaired) electrons. The Labute approximate surface area is 142 Å². The van der Waals surface area contributed by atoms with Crippen molar-refractivity contribution in [3.05, 3.63) is 24.2 Å². The van der Waals surface area contributed by atoms with E-state index in [-0.39, 0.29) is 36.2 Å². The summed E-state index contributed by atoms with van der Waals surface area (Å²) in [6.07, 6.45) is 6.60. The molecule has 0 aromatic carbocycles. The lowest BCUT2D eigenvalue weighted by atomic mass is 9.94. The molecule has 0 unspecified atom stereocenters. The van der Waals surface area contributed by atoms with Gasteiger partial charge in [0, 0.05) is 31.6 Å². The Bertz CT molecular complexity index is 507. The zero-order chi connectivity index (χ0) is 15.4. The van der Waals surface area contributed by atoms with Gasteiger partial charge >= 0.3 is 0 Å². The number of hydrogen-bond acceptors (Lipinski definition) is 4. The van der Waals surface area contributed by atoms with E-state index in [1.54, 1.807) is 11.0 Å². The van der Waals surface area contributed by atoms with E-state index in [0.29, 0.717) is 18.7 Å². The topological polar surface area (TPSA) is 74.6 Å². The summed E-state index contributed by atoms with van der Waals surface area (Å²) in [5, 5.41) is 6.44. The van der Waals surface area contributed by atoms with Crippen molar-refractivity contribution < 1.29 is 14.0 Å². The van der Waals surface area contributed by atoms with Crippen molar-refractivity contribution >= 4 is 24.2 Å². The van der Waals surface area contributed by atoms with Crippen LogP contribution in [0.1, 0.15) is 36.0 Å². The van der Waals surface area contributed by atoms with Gasteiger partial charge in [-0.3, -0.25) is 9.59 Å². The van der Waals surface area contributed by atoms with Crippen molar-refractivity contribution in [2.24, 2.45) is 5.92 Å². The van der Waals surface area contributed by atoms with E-state index in [1.807, 2.05) is 0 Å². The molecule has 1 aromatic heterocycles. The van der Waals surface area contributed by atoms with Crippen molar-refractivity contribution in [1.29, 1.82) is 0 Å². The number of likely N-dealkylation sites (tertiary alicyclic amines) is 1. The summed E-state index contributed by atoms with van der Waals surface area (Å²) < 4.78 is 4.95. The van der Waals surface area contributed by atoms with Crippen molar-refractivity contribution in [2.45, 2.75) is 31.7 Å². The van der Waals surface area contributed by atoms with E-state index >= 15 is 0 Å². The first-order valence-electron chi connectivity index (χ1n) is 8.06. The average molecular weight is 342 g/mol. The van der Waals surface area contributed by atoms with Crippen LogP contribution in [0.3, 0.4) is 0 Å². The van der Waals surface area contributed by atoms with Crippen LogP contribution in [0.15, 0.2) is 23.0 Å². The van der Waals surface area contributed by atoms with Crippen LogP contribution >= 0.6 is 12.4 Å². The average Bonchev–Trinajstić information content (AvgIpc) is 3.10. The number of nitrogens with zero attached hydrogens (tertiary/aromatic N) is 1. The molecule has 2 amide bonds. The van der Waals surface area contributed by atoms with E-state index in [0.717, 1.165) is 38.8 Å². The Hall–Kier alpha value is -1.53. The third kappa shape index (κ3) is 4.48. The zero-order valence-electron chi connectivity index (χ0n) is 13.1. The number of hydrogen-bond donors (Lipinski definition) is 2. The maximum atomic E-state index is 12.3. The van der Waals surface area contributed by atoms with E-state index < -0.39 is 0 Å². The molecule has 3 heterocycles. The highest BCUT2D eigenvalue weighted by molar-refractivity contribution is 5.94. The van der Waals surface area contributed by atoms with Gasteiger partial charge in [-0.05, 0) is 38.3 Å². The highest BCUT2D eigenvalue weighted by Crippen LogP contribution is 2.20. The minimum Gasteiger partial charge on any atom is -0.472 e. The minimum absolute atomic E-state index is 0. The maximum Gasteiger partial charge on any atom is 0.257 e. The third-order valence-corrected chi connectivity index (χ3v) is 4.56. The number of rotatable bonds is 3. The number of carbonyl (C=O) groups is 2. The van der Waals surface area contributed by atoms with Gasteiger partial charge in [0.1, 0.15) is 6.26 Å². The van der Waals surface area contributed by atoms with Gasteiger partial charge in [0.05, 0.1) is 11.8 Å². The van der Waals surface area contributed by atoms with Gasteiger partial charge < -0.3 is 20.0 Å². The first-order valence-corrected chi connectivity index (χ1v) is 8.06. The highest BCUT2D eigenvalue weighted by atomic mass is 35.5. The van der Waals surface area contributed by atoms with Crippen LogP contribution in [0, 0.1) is 5.92 Å². The fourth-order valence-electron chi connectivity index (χ4n) is 3.21. The van der Waals surface area contributed by atoms with Crippen molar-refractivity contribution in [1.82, 2.24) is 15.5 Å². The highest BCUT2D eigenvalue weighted by Gasteiger charge is 2.29. The fourth-order valence-corrected chi connectivity index (χ4v) is 3.21. The van der Waals surface area contributed by atoms with Gasteiger partial charge in [0.15, 0.2) is 0 Å². The van der Waals surface area contributed by atoms with Crippen molar-refractivity contribution in [2.75, 3.05) is 26.2 Å². The van der Waals surface area contributed by atoms with Crippen LogP contribution in [0.4, 0.5) is 0 Å². The zero-order valence-corrected chi connectivity index (χ0v) is 13.9.